The Balaban J connectivity index is 2.84. The summed E-state index contributed by atoms with van der Waals surface area (Å²) >= 11 is 0. The smallest absolute Gasteiger partial charge is 0.312 e. The Morgan fingerprint density at radius 2 is 2.30 bits per heavy atom. The van der Waals surface area contributed by atoms with Gasteiger partial charge in [-0.15, -0.1) is 0 Å². The first-order valence-electron chi connectivity index (χ1n) is 3.29. The molecule has 0 radical (unpaired) electrons. The lowest BCUT2D eigenvalue weighted by Gasteiger charge is -2.00. The molecule has 0 atom stereocenters. The molecule has 0 aliphatic carbocycles. The van der Waals surface area contributed by atoms with Crippen LogP contribution in [0.25, 0.3) is 0 Å². The zero-order chi connectivity index (χ0) is 7.82. The van der Waals surface area contributed by atoms with Gasteiger partial charge in [-0.05, 0) is 12.8 Å². The third kappa shape index (κ3) is 7.45. The van der Waals surface area contributed by atoms with Crippen molar-refractivity contribution < 1.29 is 9.22 Å². The molecule has 0 unspecified atom stereocenters. The van der Waals surface area contributed by atoms with Crippen LogP contribution in [-0.2, 0) is 4.43 Å². The molecule has 0 aromatic carbocycles. The molecule has 0 rings (SSSR count). The minimum Gasteiger partial charge on any atom is -0.428 e. The Hall–Kier alpha value is -0.553. The van der Waals surface area contributed by atoms with Crippen LogP contribution in [0.15, 0.2) is 0 Å². The molecule has 0 heterocycles. The first-order chi connectivity index (χ1) is 4.77. The minimum atomic E-state index is -0.452. The van der Waals surface area contributed by atoms with Crippen LogP contribution in [0.1, 0.15) is 12.8 Å². The fourth-order valence-corrected chi connectivity index (χ4v) is 0.872. The van der Waals surface area contributed by atoms with E-state index in [1.54, 1.807) is 0 Å². The molecule has 0 bridgehead atoms. The van der Waals surface area contributed by atoms with Gasteiger partial charge in [0, 0.05) is 13.2 Å². The molecule has 0 spiro atoms. The molecule has 0 fully saturated rings. The first kappa shape index (κ1) is 9.45. The second-order valence-electron chi connectivity index (χ2n) is 1.99. The molecule has 0 aromatic rings. The highest BCUT2D eigenvalue weighted by atomic mass is 28.2. The van der Waals surface area contributed by atoms with Gasteiger partial charge in [-0.25, -0.2) is 4.79 Å². The Bertz CT molecular complexity index is 99.6. The first-order valence-corrected chi connectivity index (χ1v) is 4.11. The molecular weight excluding hydrogens is 148 g/mol. The molecule has 0 aliphatic heterocycles. The van der Waals surface area contributed by atoms with Crippen molar-refractivity contribution in [2.45, 2.75) is 12.8 Å². The highest BCUT2D eigenvalue weighted by Gasteiger charge is 1.89. The number of unbranched alkanes of at least 4 members (excludes halogenated alkanes) is 1. The number of carbonyl (C=O) groups excluding carboxylic acids is 1. The van der Waals surface area contributed by atoms with Crippen molar-refractivity contribution >= 4 is 16.5 Å². The highest BCUT2D eigenvalue weighted by molar-refractivity contribution is 5.97. The average molecular weight is 162 g/mol. The van der Waals surface area contributed by atoms with E-state index in [1.165, 1.54) is 0 Å². The predicted molar refractivity (Wildman–Crippen MR) is 42.7 cm³/mol. The van der Waals surface area contributed by atoms with Crippen LogP contribution in [0.2, 0.25) is 0 Å². The quantitative estimate of drug-likeness (QED) is 0.391. The monoisotopic (exact) mass is 162 g/mol. The summed E-state index contributed by atoms with van der Waals surface area (Å²) in [5, 5.41) is 2.50. The fourth-order valence-electron chi connectivity index (χ4n) is 0.583. The standard InChI is InChI=1S/C5H14N2O2Si/c6-5(8)7-3-1-2-4-9-10/h1-4H2,10H3,(H3,6,7,8). The Morgan fingerprint density at radius 1 is 1.60 bits per heavy atom. The van der Waals surface area contributed by atoms with Gasteiger partial charge < -0.3 is 15.5 Å². The van der Waals surface area contributed by atoms with Crippen molar-refractivity contribution in [2.24, 2.45) is 5.73 Å². The van der Waals surface area contributed by atoms with Crippen molar-refractivity contribution in [2.75, 3.05) is 13.2 Å². The summed E-state index contributed by atoms with van der Waals surface area (Å²) in [6, 6.07) is -0.452. The van der Waals surface area contributed by atoms with Crippen LogP contribution in [0.3, 0.4) is 0 Å². The second kappa shape index (κ2) is 6.57. The maximum atomic E-state index is 10.1. The van der Waals surface area contributed by atoms with Gasteiger partial charge in [-0.2, -0.15) is 0 Å². The number of hydrogen-bond donors (Lipinski definition) is 2. The number of carbonyl (C=O) groups is 1. The normalized spacial score (nSPS) is 9.60. The fraction of sp³-hybridized carbons (Fsp3) is 0.800. The van der Waals surface area contributed by atoms with Crippen LogP contribution in [0, 0.1) is 0 Å². The minimum absolute atomic E-state index is 0.452. The van der Waals surface area contributed by atoms with E-state index in [1.807, 2.05) is 0 Å². The lowest BCUT2D eigenvalue weighted by atomic mass is 10.3. The van der Waals surface area contributed by atoms with Crippen molar-refractivity contribution in [1.82, 2.24) is 5.32 Å². The SMILES string of the molecule is NC(=O)NCCCCO[SiH3]. The maximum absolute atomic E-state index is 10.1. The summed E-state index contributed by atoms with van der Waals surface area (Å²) in [6.07, 6.45) is 1.93. The number of urea groups is 1. The summed E-state index contributed by atoms with van der Waals surface area (Å²) in [5.74, 6) is 0. The number of nitrogens with two attached hydrogens (primary N) is 1. The van der Waals surface area contributed by atoms with E-state index in [4.69, 9.17) is 10.2 Å². The molecule has 3 N–H and O–H groups in total. The Labute approximate surface area is 63.7 Å². The van der Waals surface area contributed by atoms with Crippen molar-refractivity contribution in [3.05, 3.63) is 0 Å². The number of rotatable bonds is 5. The summed E-state index contributed by atoms with van der Waals surface area (Å²) in [7, 11) is 0.792. The highest BCUT2D eigenvalue weighted by Crippen LogP contribution is 1.85. The van der Waals surface area contributed by atoms with Crippen molar-refractivity contribution in [1.29, 1.82) is 0 Å². The van der Waals surface area contributed by atoms with Crippen LogP contribution in [0.5, 0.6) is 0 Å². The van der Waals surface area contributed by atoms with Gasteiger partial charge in [0.1, 0.15) is 10.5 Å². The van der Waals surface area contributed by atoms with Crippen LogP contribution in [-0.4, -0.2) is 29.7 Å². The maximum Gasteiger partial charge on any atom is 0.312 e. The van der Waals surface area contributed by atoms with Crippen molar-refractivity contribution in [3.63, 3.8) is 0 Å². The van der Waals surface area contributed by atoms with Gasteiger partial charge in [0.25, 0.3) is 0 Å². The molecule has 10 heavy (non-hydrogen) atoms. The molecule has 0 saturated heterocycles. The van der Waals surface area contributed by atoms with E-state index in [-0.39, 0.29) is 0 Å². The van der Waals surface area contributed by atoms with Gasteiger partial charge in [-0.1, -0.05) is 0 Å². The van der Waals surface area contributed by atoms with Crippen LogP contribution >= 0.6 is 0 Å². The molecule has 0 aromatic heterocycles. The van der Waals surface area contributed by atoms with Crippen LogP contribution in [0.4, 0.5) is 4.79 Å². The van der Waals surface area contributed by atoms with Gasteiger partial charge in [0.2, 0.25) is 0 Å². The van der Waals surface area contributed by atoms with E-state index in [9.17, 15) is 4.79 Å². The molecule has 2 amide bonds. The van der Waals surface area contributed by atoms with E-state index in [2.05, 4.69) is 5.32 Å². The molecule has 0 saturated carbocycles. The van der Waals surface area contributed by atoms with Crippen LogP contribution < -0.4 is 11.1 Å². The van der Waals surface area contributed by atoms with Crippen molar-refractivity contribution in [3.8, 4) is 0 Å². The molecule has 60 valence electrons. The molecule has 5 heteroatoms. The number of primary amides is 1. The largest absolute Gasteiger partial charge is 0.428 e. The van der Waals surface area contributed by atoms with Gasteiger partial charge in [0.15, 0.2) is 0 Å². The lowest BCUT2D eigenvalue weighted by molar-refractivity contribution is 0.248. The van der Waals surface area contributed by atoms with Gasteiger partial charge in [0.05, 0.1) is 0 Å². The third-order valence-electron chi connectivity index (χ3n) is 1.07. The molecular formula is C5H14N2O2Si. The number of hydrogen-bond acceptors (Lipinski definition) is 2. The van der Waals surface area contributed by atoms with Gasteiger partial charge >= 0.3 is 6.03 Å². The number of nitrogens with one attached hydrogen (secondary N) is 1. The average Bonchev–Trinajstić information content (AvgIpc) is 1.87. The summed E-state index contributed by atoms with van der Waals surface area (Å²) in [5.41, 5.74) is 4.83. The predicted octanol–water partition coefficient (Wildman–Crippen LogP) is -1.27. The topological polar surface area (TPSA) is 64.4 Å². The third-order valence-corrected chi connectivity index (χ3v) is 1.48. The zero-order valence-corrected chi connectivity index (χ0v) is 8.22. The van der Waals surface area contributed by atoms with E-state index < -0.39 is 6.03 Å². The Morgan fingerprint density at radius 3 is 2.80 bits per heavy atom. The summed E-state index contributed by atoms with van der Waals surface area (Å²) in [4.78, 5) is 10.1. The molecule has 0 aliphatic rings. The zero-order valence-electron chi connectivity index (χ0n) is 6.22. The van der Waals surface area contributed by atoms with Gasteiger partial charge in [-0.3, -0.25) is 0 Å². The van der Waals surface area contributed by atoms with E-state index in [0.717, 1.165) is 29.9 Å². The van der Waals surface area contributed by atoms with E-state index in [0.29, 0.717) is 6.54 Å². The molecule has 4 nitrogen and oxygen atoms in total. The second-order valence-corrected chi connectivity index (χ2v) is 2.57. The lowest BCUT2D eigenvalue weighted by Crippen LogP contribution is -2.30. The number of amides is 2. The van der Waals surface area contributed by atoms with E-state index >= 15 is 0 Å². The summed E-state index contributed by atoms with van der Waals surface area (Å²) < 4.78 is 4.94. The summed E-state index contributed by atoms with van der Waals surface area (Å²) in [6.45, 7) is 1.45. The Kier molecular flexibility index (Phi) is 6.20.